The van der Waals surface area contributed by atoms with Gasteiger partial charge in [0, 0.05) is 19.0 Å². The first-order chi connectivity index (χ1) is 7.93. The molecular formula is C11H11ClF2N2O. The molecule has 2 rings (SSSR count). The van der Waals surface area contributed by atoms with Crippen LogP contribution in [0.4, 0.5) is 20.2 Å². The maximum Gasteiger partial charge on any atom is 0.224 e. The average Bonchev–Trinajstić information content (AvgIpc) is 3.04. The molecule has 0 radical (unpaired) electrons. The monoisotopic (exact) mass is 260 g/mol. The minimum Gasteiger partial charge on any atom is -0.397 e. The molecule has 17 heavy (non-hydrogen) atoms. The molecule has 0 unspecified atom stereocenters. The quantitative estimate of drug-likeness (QED) is 0.656. The maximum atomic E-state index is 13.9. The van der Waals surface area contributed by atoms with E-state index in [-0.39, 0.29) is 23.3 Å². The summed E-state index contributed by atoms with van der Waals surface area (Å²) >= 11 is 5.49. The molecule has 1 aliphatic rings. The molecule has 1 aromatic rings. The number of hydrogen-bond acceptors (Lipinski definition) is 2. The van der Waals surface area contributed by atoms with Gasteiger partial charge >= 0.3 is 0 Å². The van der Waals surface area contributed by atoms with E-state index in [0.717, 1.165) is 18.9 Å². The molecule has 1 aromatic carbocycles. The van der Waals surface area contributed by atoms with Crippen molar-refractivity contribution in [3.63, 3.8) is 0 Å². The lowest BCUT2D eigenvalue weighted by Gasteiger charge is -2.23. The second-order valence-electron chi connectivity index (χ2n) is 4.04. The first kappa shape index (κ1) is 12.1. The number of nitrogen functional groups attached to an aromatic ring is 1. The Morgan fingerprint density at radius 2 is 2.12 bits per heavy atom. The SMILES string of the molecule is CC(=O)N(c1c(N)cc(F)c(Cl)c1F)C1CC1. The molecule has 0 bridgehead atoms. The van der Waals surface area contributed by atoms with Gasteiger partial charge < -0.3 is 10.6 Å². The number of halogens is 3. The van der Waals surface area contributed by atoms with Crippen molar-refractivity contribution in [2.45, 2.75) is 25.8 Å². The van der Waals surface area contributed by atoms with Crippen molar-refractivity contribution >= 4 is 28.9 Å². The fourth-order valence-corrected chi connectivity index (χ4v) is 1.92. The van der Waals surface area contributed by atoms with Gasteiger partial charge in [0.1, 0.15) is 16.5 Å². The van der Waals surface area contributed by atoms with Crippen LogP contribution in [0.5, 0.6) is 0 Å². The highest BCUT2D eigenvalue weighted by Gasteiger charge is 2.35. The van der Waals surface area contributed by atoms with E-state index in [1.54, 1.807) is 0 Å². The zero-order valence-corrected chi connectivity index (χ0v) is 9.89. The Kier molecular flexibility index (Phi) is 2.95. The summed E-state index contributed by atoms with van der Waals surface area (Å²) in [7, 11) is 0. The largest absolute Gasteiger partial charge is 0.397 e. The predicted octanol–water partition coefficient (Wildman–Crippen LogP) is 2.72. The molecule has 0 aliphatic heterocycles. The molecule has 2 N–H and O–H groups in total. The number of amides is 1. The van der Waals surface area contributed by atoms with Crippen molar-refractivity contribution in [1.82, 2.24) is 0 Å². The van der Waals surface area contributed by atoms with Crippen LogP contribution in [0.2, 0.25) is 5.02 Å². The third kappa shape index (κ3) is 2.07. The number of anilines is 2. The van der Waals surface area contributed by atoms with Crippen molar-refractivity contribution in [3.05, 3.63) is 22.7 Å². The van der Waals surface area contributed by atoms with Gasteiger partial charge in [0.05, 0.1) is 5.69 Å². The highest BCUT2D eigenvalue weighted by atomic mass is 35.5. The lowest BCUT2D eigenvalue weighted by molar-refractivity contribution is -0.116. The summed E-state index contributed by atoms with van der Waals surface area (Å²) in [5, 5.41) is -0.638. The fourth-order valence-electron chi connectivity index (χ4n) is 1.78. The zero-order valence-electron chi connectivity index (χ0n) is 9.14. The van der Waals surface area contributed by atoms with Crippen molar-refractivity contribution in [2.75, 3.05) is 10.6 Å². The number of nitrogens with two attached hydrogens (primary N) is 1. The van der Waals surface area contributed by atoms with Crippen LogP contribution in [0, 0.1) is 11.6 Å². The summed E-state index contributed by atoms with van der Waals surface area (Å²) in [4.78, 5) is 12.7. The van der Waals surface area contributed by atoms with E-state index in [2.05, 4.69) is 0 Å². The van der Waals surface area contributed by atoms with Gasteiger partial charge in [-0.05, 0) is 12.8 Å². The number of carbonyl (C=O) groups is 1. The Morgan fingerprint density at radius 3 is 2.59 bits per heavy atom. The van der Waals surface area contributed by atoms with Crippen molar-refractivity contribution in [1.29, 1.82) is 0 Å². The molecule has 1 amide bonds. The minimum atomic E-state index is -0.980. The predicted molar refractivity (Wildman–Crippen MR) is 62.0 cm³/mol. The number of hydrogen-bond donors (Lipinski definition) is 1. The Labute approximate surface area is 102 Å². The number of nitrogens with zero attached hydrogens (tertiary/aromatic N) is 1. The second kappa shape index (κ2) is 4.14. The van der Waals surface area contributed by atoms with Crippen LogP contribution >= 0.6 is 11.6 Å². The van der Waals surface area contributed by atoms with Crippen LogP contribution in [0.15, 0.2) is 6.07 Å². The van der Waals surface area contributed by atoms with Gasteiger partial charge in [-0.15, -0.1) is 0 Å². The number of benzene rings is 1. The summed E-state index contributed by atoms with van der Waals surface area (Å²) < 4.78 is 27.0. The molecule has 0 aromatic heterocycles. The standard InChI is InChI=1S/C11H11ClF2N2O/c1-5(17)16(6-2-3-6)11-8(15)4-7(13)9(12)10(11)14/h4,6H,2-3,15H2,1H3. The summed E-state index contributed by atoms with van der Waals surface area (Å²) in [6.07, 6.45) is 1.57. The van der Waals surface area contributed by atoms with Gasteiger partial charge in [0.25, 0.3) is 0 Å². The Hall–Kier alpha value is -1.36. The molecule has 3 nitrogen and oxygen atoms in total. The molecule has 1 saturated carbocycles. The Morgan fingerprint density at radius 1 is 1.53 bits per heavy atom. The molecule has 0 spiro atoms. The van der Waals surface area contributed by atoms with Gasteiger partial charge in [-0.1, -0.05) is 11.6 Å². The van der Waals surface area contributed by atoms with Crippen molar-refractivity contribution in [3.8, 4) is 0 Å². The average molecular weight is 261 g/mol. The molecule has 6 heteroatoms. The smallest absolute Gasteiger partial charge is 0.224 e. The fraction of sp³-hybridized carbons (Fsp3) is 0.364. The van der Waals surface area contributed by atoms with E-state index >= 15 is 0 Å². The number of rotatable bonds is 2. The van der Waals surface area contributed by atoms with Gasteiger partial charge in [0.2, 0.25) is 5.91 Å². The van der Waals surface area contributed by atoms with Crippen LogP contribution in [0.3, 0.4) is 0 Å². The van der Waals surface area contributed by atoms with Gasteiger partial charge in [-0.2, -0.15) is 0 Å². The Bertz CT molecular complexity index is 489. The van der Waals surface area contributed by atoms with E-state index in [9.17, 15) is 13.6 Å². The van der Waals surface area contributed by atoms with Crippen LogP contribution < -0.4 is 10.6 Å². The zero-order chi connectivity index (χ0) is 12.7. The van der Waals surface area contributed by atoms with E-state index in [1.807, 2.05) is 0 Å². The highest BCUT2D eigenvalue weighted by Crippen LogP contribution is 2.39. The topological polar surface area (TPSA) is 46.3 Å². The van der Waals surface area contributed by atoms with E-state index in [1.165, 1.54) is 11.8 Å². The third-order valence-corrected chi connectivity index (χ3v) is 3.00. The molecule has 0 saturated heterocycles. The summed E-state index contributed by atoms with van der Waals surface area (Å²) in [6, 6.07) is 0.866. The molecule has 92 valence electrons. The van der Waals surface area contributed by atoms with Gasteiger partial charge in [-0.25, -0.2) is 8.78 Å². The normalized spacial score (nSPS) is 14.8. The first-order valence-electron chi connectivity index (χ1n) is 5.16. The van der Waals surface area contributed by atoms with Crippen LogP contribution in [-0.2, 0) is 4.79 Å². The molecule has 1 fully saturated rings. The Balaban J connectivity index is 2.57. The van der Waals surface area contributed by atoms with Crippen LogP contribution in [-0.4, -0.2) is 11.9 Å². The first-order valence-corrected chi connectivity index (χ1v) is 5.54. The summed E-state index contributed by atoms with van der Waals surface area (Å²) in [5.74, 6) is -2.24. The van der Waals surface area contributed by atoms with Crippen LogP contribution in [0.25, 0.3) is 0 Å². The van der Waals surface area contributed by atoms with Crippen LogP contribution in [0.1, 0.15) is 19.8 Å². The maximum absolute atomic E-state index is 13.9. The van der Waals surface area contributed by atoms with Crippen molar-refractivity contribution in [2.24, 2.45) is 0 Å². The van der Waals surface area contributed by atoms with E-state index < -0.39 is 16.7 Å². The highest BCUT2D eigenvalue weighted by molar-refractivity contribution is 6.31. The van der Waals surface area contributed by atoms with E-state index in [4.69, 9.17) is 17.3 Å². The lowest BCUT2D eigenvalue weighted by Crippen LogP contribution is -2.32. The molecule has 0 atom stereocenters. The minimum absolute atomic E-state index is 0.0640. The number of carbonyl (C=O) groups excluding carboxylic acids is 1. The molecule has 1 aliphatic carbocycles. The molecule has 0 heterocycles. The summed E-state index contributed by atoms with van der Waals surface area (Å²) in [6.45, 7) is 1.31. The van der Waals surface area contributed by atoms with Crippen molar-refractivity contribution < 1.29 is 13.6 Å². The third-order valence-electron chi connectivity index (χ3n) is 2.66. The summed E-state index contributed by atoms with van der Waals surface area (Å²) in [5.41, 5.74) is 5.32. The van der Waals surface area contributed by atoms with E-state index in [0.29, 0.717) is 0 Å². The molecular weight excluding hydrogens is 250 g/mol. The van der Waals surface area contributed by atoms with Gasteiger partial charge in [-0.3, -0.25) is 4.79 Å². The van der Waals surface area contributed by atoms with Gasteiger partial charge in [0.15, 0.2) is 5.82 Å². The second-order valence-corrected chi connectivity index (χ2v) is 4.42. The lowest BCUT2D eigenvalue weighted by atomic mass is 10.2.